The number of phenolic OH excluding ortho intramolecular Hbond substituents is 2. The summed E-state index contributed by atoms with van der Waals surface area (Å²) < 4.78 is 0. The van der Waals surface area contributed by atoms with Crippen LogP contribution in [0.1, 0.15) is 22.8 Å². The van der Waals surface area contributed by atoms with Crippen molar-refractivity contribution in [2.45, 2.75) is 13.8 Å². The summed E-state index contributed by atoms with van der Waals surface area (Å²) in [7, 11) is 0. The molecule has 1 amide bonds. The summed E-state index contributed by atoms with van der Waals surface area (Å²) in [6, 6.07) is 2.68. The predicted octanol–water partition coefficient (Wildman–Crippen LogP) is 1.14. The highest BCUT2D eigenvalue weighted by molar-refractivity contribution is 5.96. The van der Waals surface area contributed by atoms with Crippen molar-refractivity contribution < 1.29 is 15.0 Å². The Morgan fingerprint density at radius 2 is 2.13 bits per heavy atom. The molecule has 5 heteroatoms. The van der Waals surface area contributed by atoms with Gasteiger partial charge >= 0.3 is 0 Å². The number of hydrogen-bond acceptors (Lipinski definition) is 4. The number of hydrazone groups is 1. The Balaban J connectivity index is 3.05. The zero-order chi connectivity index (χ0) is 11.4. The first-order valence-corrected chi connectivity index (χ1v) is 4.37. The number of nitrogens with one attached hydrogen (secondary N) is 1. The Labute approximate surface area is 87.1 Å². The highest BCUT2D eigenvalue weighted by Crippen LogP contribution is 2.30. The van der Waals surface area contributed by atoms with Gasteiger partial charge in [0.25, 0.3) is 5.91 Å². The lowest BCUT2D eigenvalue weighted by Crippen LogP contribution is -2.18. The van der Waals surface area contributed by atoms with Crippen molar-refractivity contribution in [1.29, 1.82) is 0 Å². The maximum absolute atomic E-state index is 11.5. The molecule has 0 aliphatic rings. The third-order valence-corrected chi connectivity index (χ3v) is 1.95. The largest absolute Gasteiger partial charge is 0.504 e. The van der Waals surface area contributed by atoms with Crippen molar-refractivity contribution in [3.05, 3.63) is 23.3 Å². The molecular weight excluding hydrogens is 196 g/mol. The molecule has 0 aromatic heterocycles. The molecule has 5 nitrogen and oxygen atoms in total. The van der Waals surface area contributed by atoms with E-state index in [1.54, 1.807) is 13.8 Å². The number of aromatic hydroxyl groups is 2. The lowest BCUT2D eigenvalue weighted by Gasteiger charge is -2.07. The highest BCUT2D eigenvalue weighted by atomic mass is 16.3. The van der Waals surface area contributed by atoms with E-state index in [9.17, 15) is 15.0 Å². The minimum atomic E-state index is -0.430. The number of carbonyl (C=O) groups excluding carboxylic acids is 1. The summed E-state index contributed by atoms with van der Waals surface area (Å²) in [6.07, 6.45) is 1.44. The summed E-state index contributed by atoms with van der Waals surface area (Å²) in [6.45, 7) is 3.21. The number of amides is 1. The number of nitrogens with zero attached hydrogens (tertiary/aromatic N) is 1. The van der Waals surface area contributed by atoms with E-state index in [0.717, 1.165) is 0 Å². The van der Waals surface area contributed by atoms with Gasteiger partial charge in [-0.15, -0.1) is 0 Å². The molecule has 1 aromatic rings. The second kappa shape index (κ2) is 4.45. The first kappa shape index (κ1) is 11.0. The Morgan fingerprint density at radius 3 is 2.73 bits per heavy atom. The maximum Gasteiger partial charge on any atom is 0.271 e. The molecule has 0 heterocycles. The minimum absolute atomic E-state index is 0.247. The van der Waals surface area contributed by atoms with Crippen molar-refractivity contribution >= 4 is 12.1 Å². The number of hydrogen-bond donors (Lipinski definition) is 3. The fraction of sp³-hybridized carbons (Fsp3) is 0.200. The van der Waals surface area contributed by atoms with Crippen LogP contribution in [0.15, 0.2) is 17.2 Å². The molecule has 1 rings (SSSR count). The molecular formula is C10H12N2O3. The van der Waals surface area contributed by atoms with Crippen molar-refractivity contribution in [1.82, 2.24) is 5.43 Å². The van der Waals surface area contributed by atoms with Gasteiger partial charge in [0.2, 0.25) is 0 Å². The number of phenols is 2. The first-order valence-electron chi connectivity index (χ1n) is 4.37. The first-order chi connectivity index (χ1) is 7.07. The maximum atomic E-state index is 11.5. The van der Waals surface area contributed by atoms with Gasteiger partial charge in [0.05, 0.1) is 0 Å². The van der Waals surface area contributed by atoms with Gasteiger partial charge in [-0.25, -0.2) is 5.43 Å². The molecule has 0 atom stereocenters. The van der Waals surface area contributed by atoms with Crippen LogP contribution >= 0.6 is 0 Å². The van der Waals surface area contributed by atoms with Crippen molar-refractivity contribution in [3.8, 4) is 11.5 Å². The zero-order valence-corrected chi connectivity index (χ0v) is 8.48. The second-order valence-electron chi connectivity index (χ2n) is 2.93. The fourth-order valence-corrected chi connectivity index (χ4v) is 1.12. The third kappa shape index (κ3) is 2.25. The lowest BCUT2D eigenvalue weighted by atomic mass is 10.1. The normalized spacial score (nSPS) is 10.5. The average molecular weight is 208 g/mol. The van der Waals surface area contributed by atoms with Gasteiger partial charge in [0, 0.05) is 17.3 Å². The Morgan fingerprint density at radius 1 is 1.47 bits per heavy atom. The van der Waals surface area contributed by atoms with Gasteiger partial charge in [-0.2, -0.15) is 5.10 Å². The molecule has 0 bridgehead atoms. The van der Waals surface area contributed by atoms with Gasteiger partial charge in [-0.3, -0.25) is 4.79 Å². The monoisotopic (exact) mass is 208 g/mol. The van der Waals surface area contributed by atoms with Crippen LogP contribution in [0.2, 0.25) is 0 Å². The molecule has 0 aliphatic carbocycles. The van der Waals surface area contributed by atoms with Crippen molar-refractivity contribution in [2.24, 2.45) is 5.10 Å². The van der Waals surface area contributed by atoms with Crippen LogP contribution in [-0.4, -0.2) is 22.3 Å². The summed E-state index contributed by atoms with van der Waals surface area (Å²) in [5.41, 5.74) is 2.87. The Bertz CT molecular complexity index is 413. The van der Waals surface area contributed by atoms with E-state index in [1.807, 2.05) is 0 Å². The van der Waals surface area contributed by atoms with Crippen LogP contribution in [0.3, 0.4) is 0 Å². The SMILES string of the molecule is C/C=N/NC(=O)c1ccc(O)c(O)c1C. The van der Waals surface area contributed by atoms with Crippen LogP contribution < -0.4 is 5.43 Å². The predicted molar refractivity (Wildman–Crippen MR) is 56.1 cm³/mol. The molecule has 0 saturated heterocycles. The van der Waals surface area contributed by atoms with Crippen molar-refractivity contribution in [3.63, 3.8) is 0 Å². The van der Waals surface area contributed by atoms with Gasteiger partial charge in [-0.05, 0) is 26.0 Å². The molecule has 3 N–H and O–H groups in total. The molecule has 0 spiro atoms. The molecule has 0 aliphatic heterocycles. The third-order valence-electron chi connectivity index (χ3n) is 1.95. The van der Waals surface area contributed by atoms with E-state index >= 15 is 0 Å². The topological polar surface area (TPSA) is 81.9 Å². The number of rotatable bonds is 2. The van der Waals surface area contributed by atoms with Gasteiger partial charge in [-0.1, -0.05) is 0 Å². The standard InChI is InChI=1S/C10H12N2O3/c1-3-11-12-10(15)7-4-5-8(13)9(14)6(7)2/h3-5,13-14H,1-2H3,(H,12,15)/b11-3+. The Kier molecular flexibility index (Phi) is 3.28. The molecule has 0 unspecified atom stereocenters. The van der Waals surface area contributed by atoms with Gasteiger partial charge < -0.3 is 10.2 Å². The summed E-state index contributed by atoms with van der Waals surface area (Å²) in [5, 5.41) is 22.1. The van der Waals surface area contributed by atoms with Gasteiger partial charge in [0.15, 0.2) is 11.5 Å². The molecule has 0 saturated carbocycles. The Hall–Kier alpha value is -2.04. The second-order valence-corrected chi connectivity index (χ2v) is 2.93. The molecule has 80 valence electrons. The van der Waals surface area contributed by atoms with Gasteiger partial charge in [0.1, 0.15) is 0 Å². The molecule has 0 fully saturated rings. The van der Waals surface area contributed by atoms with Crippen LogP contribution in [-0.2, 0) is 0 Å². The van der Waals surface area contributed by atoms with Crippen LogP contribution in [0.4, 0.5) is 0 Å². The van der Waals surface area contributed by atoms with E-state index in [4.69, 9.17) is 0 Å². The van der Waals surface area contributed by atoms with Crippen LogP contribution in [0.25, 0.3) is 0 Å². The summed E-state index contributed by atoms with van der Waals surface area (Å²) >= 11 is 0. The van der Waals surface area contributed by atoms with E-state index in [2.05, 4.69) is 10.5 Å². The van der Waals surface area contributed by atoms with E-state index in [-0.39, 0.29) is 17.1 Å². The molecule has 15 heavy (non-hydrogen) atoms. The van der Waals surface area contributed by atoms with Crippen LogP contribution in [0, 0.1) is 6.92 Å². The summed E-state index contributed by atoms with van der Waals surface area (Å²) in [4.78, 5) is 11.5. The zero-order valence-electron chi connectivity index (χ0n) is 8.48. The molecule has 0 radical (unpaired) electrons. The lowest BCUT2D eigenvalue weighted by molar-refractivity contribution is 0.0954. The highest BCUT2D eigenvalue weighted by Gasteiger charge is 2.13. The minimum Gasteiger partial charge on any atom is -0.504 e. The fourth-order valence-electron chi connectivity index (χ4n) is 1.12. The van der Waals surface area contributed by atoms with Crippen molar-refractivity contribution in [2.75, 3.05) is 0 Å². The quantitative estimate of drug-likeness (QED) is 0.387. The summed E-state index contributed by atoms with van der Waals surface area (Å²) in [5.74, 6) is -0.966. The number of benzene rings is 1. The molecule has 1 aromatic carbocycles. The smallest absolute Gasteiger partial charge is 0.271 e. The van der Waals surface area contributed by atoms with E-state index in [1.165, 1.54) is 18.3 Å². The van der Waals surface area contributed by atoms with Crippen LogP contribution in [0.5, 0.6) is 11.5 Å². The van der Waals surface area contributed by atoms with E-state index in [0.29, 0.717) is 5.56 Å². The average Bonchev–Trinajstić information content (AvgIpc) is 2.23. The number of carbonyl (C=O) groups is 1. The van der Waals surface area contributed by atoms with E-state index < -0.39 is 5.91 Å².